The number of rotatable bonds is 2. The first-order valence-electron chi connectivity index (χ1n) is 8.98. The lowest BCUT2D eigenvalue weighted by Crippen LogP contribution is -2.49. The molecule has 3 saturated heterocycles. The van der Waals surface area contributed by atoms with Gasteiger partial charge < -0.3 is 19.7 Å². The lowest BCUT2D eigenvalue weighted by molar-refractivity contribution is 0.00619. The maximum absolute atomic E-state index is 12.1. The Hall–Kier alpha value is -1.92. The Morgan fingerprint density at radius 1 is 1.42 bits per heavy atom. The van der Waals surface area contributed by atoms with Crippen LogP contribution in [-0.4, -0.2) is 65.9 Å². The molecule has 4 aliphatic rings. The number of nitrogens with one attached hydrogen (secondary N) is 1. The van der Waals surface area contributed by atoms with Gasteiger partial charge in [0.05, 0.1) is 19.2 Å². The van der Waals surface area contributed by atoms with Crippen molar-refractivity contribution in [3.05, 3.63) is 11.8 Å². The fraction of sp³-hybridized carbons (Fsp3) is 0.765. The molecule has 0 aromatic carbocycles. The SMILES string of the molecule is CCOC(=O)N1C2C=C(N3CCC4(CC3)CNC(=O)O4)CC1CC2. The van der Waals surface area contributed by atoms with Crippen LogP contribution in [0.5, 0.6) is 0 Å². The molecule has 4 aliphatic heterocycles. The first kappa shape index (κ1) is 15.6. The van der Waals surface area contributed by atoms with Gasteiger partial charge >= 0.3 is 12.2 Å². The summed E-state index contributed by atoms with van der Waals surface area (Å²) >= 11 is 0. The summed E-state index contributed by atoms with van der Waals surface area (Å²) in [7, 11) is 0. The van der Waals surface area contributed by atoms with Crippen molar-refractivity contribution in [2.45, 2.75) is 56.7 Å². The number of hydrogen-bond donors (Lipinski definition) is 1. The minimum absolute atomic E-state index is 0.166. The van der Waals surface area contributed by atoms with Gasteiger partial charge in [0.25, 0.3) is 0 Å². The monoisotopic (exact) mass is 335 g/mol. The van der Waals surface area contributed by atoms with Crippen molar-refractivity contribution in [3.63, 3.8) is 0 Å². The van der Waals surface area contributed by atoms with E-state index in [1.165, 1.54) is 5.70 Å². The lowest BCUT2D eigenvalue weighted by atomic mass is 9.90. The second-order valence-electron chi connectivity index (χ2n) is 7.18. The highest BCUT2D eigenvalue weighted by Gasteiger charge is 2.45. The van der Waals surface area contributed by atoms with Crippen molar-refractivity contribution in [1.29, 1.82) is 0 Å². The summed E-state index contributed by atoms with van der Waals surface area (Å²) < 4.78 is 10.7. The van der Waals surface area contributed by atoms with Crippen LogP contribution in [0.2, 0.25) is 0 Å². The summed E-state index contributed by atoms with van der Waals surface area (Å²) in [5, 5.41) is 2.78. The molecule has 4 heterocycles. The second kappa shape index (κ2) is 5.86. The number of ether oxygens (including phenoxy) is 2. The molecule has 1 N–H and O–H groups in total. The van der Waals surface area contributed by atoms with Crippen molar-refractivity contribution in [1.82, 2.24) is 15.1 Å². The van der Waals surface area contributed by atoms with E-state index in [1.807, 2.05) is 11.8 Å². The van der Waals surface area contributed by atoms with Crippen LogP contribution in [0.15, 0.2) is 11.8 Å². The highest BCUT2D eigenvalue weighted by atomic mass is 16.6. The number of piperidine rings is 1. The lowest BCUT2D eigenvalue weighted by Gasteiger charge is -2.42. The molecule has 2 amide bonds. The van der Waals surface area contributed by atoms with E-state index in [4.69, 9.17) is 9.47 Å². The third-order valence-electron chi connectivity index (χ3n) is 5.80. The number of alkyl carbamates (subject to hydrolysis) is 1. The zero-order chi connectivity index (χ0) is 16.7. The van der Waals surface area contributed by atoms with Crippen LogP contribution in [-0.2, 0) is 9.47 Å². The predicted molar refractivity (Wildman–Crippen MR) is 86.4 cm³/mol. The standard InChI is InChI=1S/C17H25N3O4/c1-2-23-16(22)20-12-3-4-13(20)10-14(9-12)19-7-5-17(6-8-19)11-18-15(21)24-17/h9,12-13H,2-8,10-11H2,1H3,(H,18,21). The Kier molecular flexibility index (Phi) is 3.81. The van der Waals surface area contributed by atoms with Crippen LogP contribution in [0.25, 0.3) is 0 Å². The Bertz CT molecular complexity index is 568. The van der Waals surface area contributed by atoms with Gasteiger partial charge in [-0.25, -0.2) is 9.59 Å². The van der Waals surface area contributed by atoms with E-state index >= 15 is 0 Å². The molecule has 132 valence electrons. The van der Waals surface area contributed by atoms with Gasteiger partial charge in [0.2, 0.25) is 0 Å². The molecule has 0 radical (unpaired) electrons. The second-order valence-corrected chi connectivity index (χ2v) is 7.18. The maximum Gasteiger partial charge on any atom is 0.410 e. The number of nitrogens with zero attached hydrogens (tertiary/aromatic N) is 2. The van der Waals surface area contributed by atoms with Gasteiger partial charge in [-0.1, -0.05) is 0 Å². The van der Waals surface area contributed by atoms with E-state index in [0.29, 0.717) is 13.2 Å². The molecule has 1 spiro atoms. The maximum atomic E-state index is 12.1. The third kappa shape index (κ3) is 2.59. The smallest absolute Gasteiger partial charge is 0.410 e. The number of fused-ring (bicyclic) bond motifs is 2. The fourth-order valence-electron chi connectivity index (χ4n) is 4.51. The molecular weight excluding hydrogens is 310 g/mol. The fourth-order valence-corrected chi connectivity index (χ4v) is 4.51. The largest absolute Gasteiger partial charge is 0.450 e. The molecule has 3 fully saturated rings. The summed E-state index contributed by atoms with van der Waals surface area (Å²) in [6.45, 7) is 4.70. The van der Waals surface area contributed by atoms with Gasteiger partial charge in [0.1, 0.15) is 5.60 Å². The Morgan fingerprint density at radius 3 is 2.83 bits per heavy atom. The highest BCUT2D eigenvalue weighted by molar-refractivity contribution is 5.70. The van der Waals surface area contributed by atoms with E-state index in [1.54, 1.807) is 0 Å². The molecule has 7 heteroatoms. The Morgan fingerprint density at radius 2 is 2.21 bits per heavy atom. The Labute approximate surface area is 141 Å². The van der Waals surface area contributed by atoms with Gasteiger partial charge in [-0.3, -0.25) is 4.90 Å². The highest BCUT2D eigenvalue weighted by Crippen LogP contribution is 2.38. The molecule has 4 rings (SSSR count). The van der Waals surface area contributed by atoms with Crippen LogP contribution >= 0.6 is 0 Å². The van der Waals surface area contributed by atoms with Crippen molar-refractivity contribution in [2.75, 3.05) is 26.2 Å². The van der Waals surface area contributed by atoms with E-state index in [0.717, 1.165) is 45.2 Å². The molecule has 2 atom stereocenters. The van der Waals surface area contributed by atoms with Crippen LogP contribution in [0, 0.1) is 0 Å². The summed E-state index contributed by atoms with van der Waals surface area (Å²) in [4.78, 5) is 27.8. The van der Waals surface area contributed by atoms with Gasteiger partial charge in [0.15, 0.2) is 0 Å². The van der Waals surface area contributed by atoms with Crippen molar-refractivity contribution in [2.24, 2.45) is 0 Å². The summed E-state index contributed by atoms with van der Waals surface area (Å²) in [5.41, 5.74) is 1.04. The van der Waals surface area contributed by atoms with Gasteiger partial charge in [-0.2, -0.15) is 0 Å². The van der Waals surface area contributed by atoms with Crippen molar-refractivity contribution >= 4 is 12.2 Å². The van der Waals surface area contributed by atoms with Crippen molar-refractivity contribution in [3.8, 4) is 0 Å². The number of carbonyl (C=O) groups excluding carboxylic acids is 2. The molecular formula is C17H25N3O4. The third-order valence-corrected chi connectivity index (χ3v) is 5.80. The normalized spacial score (nSPS) is 30.9. The van der Waals surface area contributed by atoms with E-state index < -0.39 is 0 Å². The van der Waals surface area contributed by atoms with Gasteiger partial charge in [-0.05, 0) is 25.8 Å². The zero-order valence-corrected chi connectivity index (χ0v) is 14.1. The van der Waals surface area contributed by atoms with Crippen molar-refractivity contribution < 1.29 is 19.1 Å². The number of likely N-dealkylation sites (tertiary alicyclic amines) is 1. The number of carbonyl (C=O) groups is 2. The topological polar surface area (TPSA) is 71.1 Å². The van der Waals surface area contributed by atoms with Crippen LogP contribution in [0.3, 0.4) is 0 Å². The summed E-state index contributed by atoms with van der Waals surface area (Å²) in [6.07, 6.45) is 6.47. The van der Waals surface area contributed by atoms with E-state index in [9.17, 15) is 9.59 Å². The first-order chi connectivity index (χ1) is 11.6. The van der Waals surface area contributed by atoms with Crippen LogP contribution < -0.4 is 5.32 Å². The van der Waals surface area contributed by atoms with Gasteiger partial charge in [-0.15, -0.1) is 0 Å². The van der Waals surface area contributed by atoms with Gasteiger partial charge in [0, 0.05) is 44.1 Å². The minimum Gasteiger partial charge on any atom is -0.450 e. The average Bonchev–Trinajstić information content (AvgIpc) is 3.05. The first-order valence-corrected chi connectivity index (χ1v) is 8.98. The molecule has 0 aliphatic carbocycles. The summed E-state index contributed by atoms with van der Waals surface area (Å²) in [5.74, 6) is 0. The molecule has 0 aromatic heterocycles. The average molecular weight is 335 g/mol. The van der Waals surface area contributed by atoms with E-state index in [-0.39, 0.29) is 29.9 Å². The molecule has 0 saturated carbocycles. The molecule has 2 unspecified atom stereocenters. The minimum atomic E-state index is -0.307. The Balaban J connectivity index is 1.41. The van der Waals surface area contributed by atoms with Crippen LogP contribution in [0.4, 0.5) is 9.59 Å². The molecule has 0 aromatic rings. The number of hydrogen-bond acceptors (Lipinski definition) is 5. The van der Waals surface area contributed by atoms with E-state index in [2.05, 4.69) is 16.3 Å². The molecule has 2 bridgehead atoms. The predicted octanol–water partition coefficient (Wildman–Crippen LogP) is 1.84. The molecule has 7 nitrogen and oxygen atoms in total. The summed E-state index contributed by atoms with van der Waals surface area (Å²) in [6, 6.07) is 0.426. The van der Waals surface area contributed by atoms with Crippen LogP contribution in [0.1, 0.15) is 39.0 Å². The zero-order valence-electron chi connectivity index (χ0n) is 14.1. The quantitative estimate of drug-likeness (QED) is 0.834. The number of amides is 2. The molecule has 24 heavy (non-hydrogen) atoms.